The molecule has 0 bridgehead atoms. The number of aliphatic hydroxyl groups excluding tert-OH is 1. The minimum Gasteiger partial charge on any atom is -0.395 e. The number of carbonyl (C=O) groups is 2. The first-order valence-corrected chi connectivity index (χ1v) is 14.3. The highest BCUT2D eigenvalue weighted by molar-refractivity contribution is 7.90. The molecule has 2 aliphatic rings. The maximum absolute atomic E-state index is 13.6. The summed E-state index contributed by atoms with van der Waals surface area (Å²) >= 11 is 0. The van der Waals surface area contributed by atoms with Gasteiger partial charge in [0.25, 0.3) is 5.91 Å². The zero-order valence-corrected chi connectivity index (χ0v) is 21.6. The van der Waals surface area contributed by atoms with Crippen molar-refractivity contribution in [1.29, 1.82) is 0 Å². The van der Waals surface area contributed by atoms with Crippen molar-refractivity contribution in [3.63, 3.8) is 0 Å². The Kier molecular flexibility index (Phi) is 8.03. The van der Waals surface area contributed by atoms with Crippen molar-refractivity contribution < 1.29 is 36.3 Å². The number of hydrogen-bond donors (Lipinski definition) is 3. The highest BCUT2D eigenvalue weighted by Crippen LogP contribution is 2.42. The number of nitrogens with one attached hydrogen (secondary N) is 2. The van der Waals surface area contributed by atoms with Crippen LogP contribution in [0.2, 0.25) is 0 Å². The second-order valence-corrected chi connectivity index (χ2v) is 11.7. The quantitative estimate of drug-likeness (QED) is 0.439. The van der Waals surface area contributed by atoms with E-state index in [1.807, 2.05) is 0 Å². The molecular formula is C26H30F3N3O5S. The summed E-state index contributed by atoms with van der Waals surface area (Å²) in [5.41, 5.74) is 0.211. The van der Waals surface area contributed by atoms with Crippen LogP contribution in [0.15, 0.2) is 47.4 Å². The number of amides is 2. The molecule has 4 rings (SSSR count). The van der Waals surface area contributed by atoms with E-state index < -0.39 is 45.5 Å². The zero-order chi connectivity index (χ0) is 27.7. The number of carbonyl (C=O) groups excluding carboxylic acids is 2. The van der Waals surface area contributed by atoms with Crippen LogP contribution in [-0.2, 0) is 20.8 Å². The highest BCUT2D eigenvalue weighted by atomic mass is 32.2. The van der Waals surface area contributed by atoms with E-state index in [4.69, 9.17) is 0 Å². The number of benzene rings is 2. The van der Waals surface area contributed by atoms with Crippen LogP contribution in [0.3, 0.4) is 0 Å². The summed E-state index contributed by atoms with van der Waals surface area (Å²) in [4.78, 5) is 28.3. The van der Waals surface area contributed by atoms with Gasteiger partial charge in [-0.05, 0) is 67.5 Å². The Labute approximate surface area is 219 Å². The van der Waals surface area contributed by atoms with Crippen molar-refractivity contribution in [2.24, 2.45) is 5.92 Å². The summed E-state index contributed by atoms with van der Waals surface area (Å²) in [7, 11) is -3.61. The van der Waals surface area contributed by atoms with Gasteiger partial charge in [0.05, 0.1) is 28.7 Å². The molecule has 1 heterocycles. The Hall–Kier alpha value is -3.12. The van der Waals surface area contributed by atoms with E-state index in [9.17, 15) is 36.3 Å². The van der Waals surface area contributed by atoms with Gasteiger partial charge in [-0.25, -0.2) is 8.42 Å². The Balaban J connectivity index is 1.56. The first kappa shape index (κ1) is 27.9. The lowest BCUT2D eigenvalue weighted by Gasteiger charge is -2.28. The fraction of sp³-hybridized carbons (Fsp3) is 0.462. The molecule has 2 amide bonds. The Bertz CT molecular complexity index is 1290. The van der Waals surface area contributed by atoms with E-state index in [1.165, 1.54) is 35.2 Å². The molecule has 206 valence electrons. The lowest BCUT2D eigenvalue weighted by molar-refractivity contribution is -0.137. The lowest BCUT2D eigenvalue weighted by Crippen LogP contribution is -2.47. The van der Waals surface area contributed by atoms with E-state index in [0.29, 0.717) is 24.1 Å². The van der Waals surface area contributed by atoms with Gasteiger partial charge in [0.2, 0.25) is 5.91 Å². The van der Waals surface area contributed by atoms with Crippen LogP contribution >= 0.6 is 0 Å². The van der Waals surface area contributed by atoms with E-state index >= 15 is 0 Å². The molecule has 1 saturated heterocycles. The summed E-state index contributed by atoms with van der Waals surface area (Å²) in [6, 6.07) is 7.54. The van der Waals surface area contributed by atoms with Crippen LogP contribution in [0, 0.1) is 5.92 Å². The molecule has 1 aliphatic carbocycles. The molecule has 2 atom stereocenters. The van der Waals surface area contributed by atoms with Gasteiger partial charge in [0, 0.05) is 25.0 Å². The molecule has 2 aromatic rings. The van der Waals surface area contributed by atoms with Crippen LogP contribution in [0.25, 0.3) is 0 Å². The summed E-state index contributed by atoms with van der Waals surface area (Å²) in [6.45, 7) is 0.217. The van der Waals surface area contributed by atoms with Gasteiger partial charge in [0.15, 0.2) is 9.84 Å². The fourth-order valence-corrected chi connectivity index (χ4v) is 5.39. The van der Waals surface area contributed by atoms with Crippen molar-refractivity contribution in [1.82, 2.24) is 10.2 Å². The molecule has 0 aromatic heterocycles. The minimum atomic E-state index is -4.46. The van der Waals surface area contributed by atoms with E-state index in [2.05, 4.69) is 10.6 Å². The summed E-state index contributed by atoms with van der Waals surface area (Å²) < 4.78 is 63.2. The van der Waals surface area contributed by atoms with Crippen LogP contribution in [0.1, 0.15) is 53.2 Å². The third kappa shape index (κ3) is 6.29. The third-order valence-corrected chi connectivity index (χ3v) is 7.99. The van der Waals surface area contributed by atoms with Crippen molar-refractivity contribution in [3.05, 3.63) is 59.2 Å². The van der Waals surface area contributed by atoms with E-state index in [1.54, 1.807) is 0 Å². The van der Waals surface area contributed by atoms with Gasteiger partial charge in [-0.1, -0.05) is 12.1 Å². The molecule has 38 heavy (non-hydrogen) atoms. The molecule has 2 aromatic carbocycles. The molecule has 2 fully saturated rings. The minimum absolute atomic E-state index is 0.0494. The van der Waals surface area contributed by atoms with Crippen LogP contribution < -0.4 is 10.6 Å². The van der Waals surface area contributed by atoms with Crippen molar-refractivity contribution in [2.75, 3.05) is 31.3 Å². The van der Waals surface area contributed by atoms with Crippen LogP contribution in [-0.4, -0.2) is 62.2 Å². The first-order valence-electron chi connectivity index (χ1n) is 12.4. The third-order valence-electron chi connectivity index (χ3n) is 6.88. The molecule has 8 nitrogen and oxygen atoms in total. The van der Waals surface area contributed by atoms with Gasteiger partial charge in [0.1, 0.15) is 6.04 Å². The van der Waals surface area contributed by atoms with Crippen molar-refractivity contribution in [3.8, 4) is 0 Å². The predicted molar refractivity (Wildman–Crippen MR) is 134 cm³/mol. The Morgan fingerprint density at radius 1 is 1.11 bits per heavy atom. The van der Waals surface area contributed by atoms with Crippen LogP contribution in [0.5, 0.6) is 0 Å². The molecule has 0 radical (unpaired) electrons. The largest absolute Gasteiger partial charge is 0.416 e. The second kappa shape index (κ2) is 10.9. The summed E-state index contributed by atoms with van der Waals surface area (Å²) in [5.74, 6) is -0.829. The van der Waals surface area contributed by atoms with E-state index in [0.717, 1.165) is 31.2 Å². The number of likely N-dealkylation sites (tertiary alicyclic amines) is 1. The van der Waals surface area contributed by atoms with Gasteiger partial charge in [-0.2, -0.15) is 13.2 Å². The Morgan fingerprint density at radius 2 is 1.79 bits per heavy atom. The standard InChI is InChI=1S/C26H30F3N3O5S/c1-38(36,37)19-10-11-21(30-12-14-33)20(15-19)25(35)32-13-2-3-22(32)24(34)31-23(16-4-5-16)17-6-8-18(9-7-17)26(27,28)29/h6-11,15-16,22-23,30,33H,2-5,12-14H2,1H3,(H,31,34)/t22-,23-/m1/s1. The number of hydrogen-bond acceptors (Lipinski definition) is 6. The molecule has 3 N–H and O–H groups in total. The smallest absolute Gasteiger partial charge is 0.395 e. The molecule has 1 aliphatic heterocycles. The SMILES string of the molecule is CS(=O)(=O)c1ccc(NCCO)c(C(=O)N2CCC[C@@H]2C(=O)N[C@@H](c2ccc(C(F)(F)F)cc2)C2CC2)c1. The molecule has 1 saturated carbocycles. The maximum atomic E-state index is 13.6. The number of sulfone groups is 1. The zero-order valence-electron chi connectivity index (χ0n) is 20.8. The molecular weight excluding hydrogens is 523 g/mol. The average molecular weight is 554 g/mol. The lowest BCUT2D eigenvalue weighted by atomic mass is 10.00. The van der Waals surface area contributed by atoms with E-state index in [-0.39, 0.29) is 36.1 Å². The van der Waals surface area contributed by atoms with Crippen LogP contribution in [0.4, 0.5) is 18.9 Å². The maximum Gasteiger partial charge on any atom is 0.416 e. The number of anilines is 1. The number of aliphatic hydroxyl groups is 1. The summed E-state index contributed by atoms with van der Waals surface area (Å²) in [5, 5.41) is 15.1. The molecule has 12 heteroatoms. The predicted octanol–water partition coefficient (Wildman–Crippen LogP) is 3.39. The number of alkyl halides is 3. The monoisotopic (exact) mass is 553 g/mol. The van der Waals surface area contributed by atoms with Gasteiger partial charge < -0.3 is 20.6 Å². The number of rotatable bonds is 9. The van der Waals surface area contributed by atoms with Crippen molar-refractivity contribution in [2.45, 2.75) is 48.8 Å². The fourth-order valence-electron chi connectivity index (χ4n) is 4.74. The summed E-state index contributed by atoms with van der Waals surface area (Å²) in [6.07, 6.45) is -0.810. The topological polar surface area (TPSA) is 116 Å². The van der Waals surface area contributed by atoms with Gasteiger partial charge in [-0.15, -0.1) is 0 Å². The first-order chi connectivity index (χ1) is 17.9. The van der Waals surface area contributed by atoms with Gasteiger partial charge >= 0.3 is 6.18 Å². The molecule has 0 unspecified atom stereocenters. The average Bonchev–Trinajstić information content (AvgIpc) is 3.59. The Morgan fingerprint density at radius 3 is 2.37 bits per heavy atom. The number of halogens is 3. The van der Waals surface area contributed by atoms with Gasteiger partial charge in [-0.3, -0.25) is 9.59 Å². The van der Waals surface area contributed by atoms with Crippen molar-refractivity contribution >= 4 is 27.3 Å². The number of nitrogens with zero attached hydrogens (tertiary/aromatic N) is 1. The second-order valence-electron chi connectivity index (χ2n) is 9.73. The normalized spacial score (nSPS) is 18.8. The highest BCUT2D eigenvalue weighted by Gasteiger charge is 2.40. The molecule has 0 spiro atoms.